The van der Waals surface area contributed by atoms with Crippen LogP contribution in [0.15, 0.2) is 54.6 Å². The molecule has 3 nitrogen and oxygen atoms in total. The van der Waals surface area contributed by atoms with Crippen molar-refractivity contribution in [2.45, 2.75) is 0 Å². The molecular weight excluding hydrogens is 202 g/mol. The number of para-hydroxylation sites is 1. The fourth-order valence-electron chi connectivity index (χ4n) is 1.16. The van der Waals surface area contributed by atoms with E-state index >= 15 is 0 Å². The molecule has 78 valence electrons. The molecule has 0 N–H and O–H groups in total. The van der Waals surface area contributed by atoms with Crippen molar-refractivity contribution in [3.8, 4) is 17.6 Å². The molecule has 16 heavy (non-hydrogen) atoms. The summed E-state index contributed by atoms with van der Waals surface area (Å²) < 4.78 is 0. The van der Waals surface area contributed by atoms with Crippen molar-refractivity contribution in [2.75, 3.05) is 0 Å². The molecule has 0 unspecified atom stereocenters. The minimum atomic E-state index is 0.558. The SMILES string of the molecule is N#Cc1ccc(OOc2ccccc2)cc1. The molecule has 0 radical (unpaired) electrons. The summed E-state index contributed by atoms with van der Waals surface area (Å²) in [5.41, 5.74) is 0.590. The van der Waals surface area contributed by atoms with E-state index in [0.717, 1.165) is 0 Å². The summed E-state index contributed by atoms with van der Waals surface area (Å²) in [6.45, 7) is 0. The molecule has 0 saturated heterocycles. The van der Waals surface area contributed by atoms with Gasteiger partial charge in [0.2, 0.25) is 0 Å². The van der Waals surface area contributed by atoms with E-state index in [1.807, 2.05) is 24.3 Å². The topological polar surface area (TPSA) is 42.2 Å². The first kappa shape index (κ1) is 10.1. The van der Waals surface area contributed by atoms with Crippen LogP contribution in [-0.2, 0) is 0 Å². The molecule has 2 aromatic rings. The highest BCUT2D eigenvalue weighted by molar-refractivity contribution is 5.34. The summed E-state index contributed by atoms with van der Waals surface area (Å²) in [6, 6.07) is 17.9. The predicted molar refractivity (Wildman–Crippen MR) is 58.9 cm³/mol. The average molecular weight is 211 g/mol. The Morgan fingerprint density at radius 2 is 1.31 bits per heavy atom. The molecule has 3 heteroatoms. The second-order valence-corrected chi connectivity index (χ2v) is 3.12. The maximum atomic E-state index is 8.61. The third-order valence-corrected chi connectivity index (χ3v) is 1.96. The molecule has 2 aromatic carbocycles. The Labute approximate surface area is 93.4 Å². The Morgan fingerprint density at radius 3 is 1.88 bits per heavy atom. The van der Waals surface area contributed by atoms with Crippen molar-refractivity contribution in [3.05, 3.63) is 60.2 Å². The highest BCUT2D eigenvalue weighted by Gasteiger charge is 1.97. The molecule has 0 bridgehead atoms. The maximum Gasteiger partial charge on any atom is 0.178 e. The number of nitrogens with zero attached hydrogens (tertiary/aromatic N) is 1. The highest BCUT2D eigenvalue weighted by Crippen LogP contribution is 2.14. The van der Waals surface area contributed by atoms with Crippen LogP contribution in [0.4, 0.5) is 0 Å². The van der Waals surface area contributed by atoms with Crippen LogP contribution in [0.3, 0.4) is 0 Å². The Hall–Kier alpha value is -2.47. The molecule has 0 aliphatic rings. The lowest BCUT2D eigenvalue weighted by molar-refractivity contribution is -0.0999. The highest BCUT2D eigenvalue weighted by atomic mass is 17.2. The normalized spacial score (nSPS) is 9.19. The molecule has 0 aromatic heterocycles. The van der Waals surface area contributed by atoms with Gasteiger partial charge in [-0.3, -0.25) is 9.78 Å². The fourth-order valence-corrected chi connectivity index (χ4v) is 1.16. The average Bonchev–Trinajstić information content (AvgIpc) is 2.38. The summed E-state index contributed by atoms with van der Waals surface area (Å²) in [5.74, 6) is 1.19. The zero-order valence-electron chi connectivity index (χ0n) is 8.46. The molecule has 0 heterocycles. The summed E-state index contributed by atoms with van der Waals surface area (Å²) in [6.07, 6.45) is 0. The van der Waals surface area contributed by atoms with Gasteiger partial charge >= 0.3 is 0 Å². The minimum absolute atomic E-state index is 0.558. The summed E-state index contributed by atoms with van der Waals surface area (Å²) >= 11 is 0. The van der Waals surface area contributed by atoms with Crippen LogP contribution >= 0.6 is 0 Å². The quantitative estimate of drug-likeness (QED) is 0.579. The van der Waals surface area contributed by atoms with Gasteiger partial charge < -0.3 is 0 Å². The Kier molecular flexibility index (Phi) is 3.05. The van der Waals surface area contributed by atoms with E-state index < -0.39 is 0 Å². The predicted octanol–water partition coefficient (Wildman–Crippen LogP) is 2.93. The van der Waals surface area contributed by atoms with Gasteiger partial charge in [0.15, 0.2) is 11.5 Å². The molecule has 2 rings (SSSR count). The second-order valence-electron chi connectivity index (χ2n) is 3.12. The van der Waals surface area contributed by atoms with Crippen LogP contribution in [0.25, 0.3) is 0 Å². The summed E-state index contributed by atoms with van der Waals surface area (Å²) in [4.78, 5) is 10.2. The molecule has 0 atom stereocenters. The van der Waals surface area contributed by atoms with Gasteiger partial charge in [0.1, 0.15) is 0 Å². The molecule has 0 fully saturated rings. The standard InChI is InChI=1S/C13H9NO2/c14-10-11-6-8-13(9-7-11)16-15-12-4-2-1-3-5-12/h1-9H. The van der Waals surface area contributed by atoms with Crippen molar-refractivity contribution in [1.82, 2.24) is 0 Å². The van der Waals surface area contributed by atoms with Gasteiger partial charge in [-0.2, -0.15) is 5.26 Å². The van der Waals surface area contributed by atoms with E-state index in [-0.39, 0.29) is 0 Å². The Bertz CT molecular complexity index is 486. The van der Waals surface area contributed by atoms with Crippen molar-refractivity contribution in [3.63, 3.8) is 0 Å². The molecule has 0 spiro atoms. The van der Waals surface area contributed by atoms with Crippen LogP contribution in [0, 0.1) is 11.3 Å². The number of hydrogen-bond donors (Lipinski definition) is 0. The first-order valence-electron chi connectivity index (χ1n) is 4.78. The molecule has 0 aliphatic heterocycles. The van der Waals surface area contributed by atoms with E-state index in [4.69, 9.17) is 15.0 Å². The van der Waals surface area contributed by atoms with Crippen molar-refractivity contribution >= 4 is 0 Å². The Morgan fingerprint density at radius 1 is 0.750 bits per heavy atom. The fraction of sp³-hybridized carbons (Fsp3) is 0. The maximum absolute atomic E-state index is 8.61. The van der Waals surface area contributed by atoms with Gasteiger partial charge in [0.25, 0.3) is 0 Å². The van der Waals surface area contributed by atoms with E-state index in [2.05, 4.69) is 0 Å². The monoisotopic (exact) mass is 211 g/mol. The van der Waals surface area contributed by atoms with Crippen LogP contribution in [0.5, 0.6) is 11.5 Å². The molecule has 0 amide bonds. The van der Waals surface area contributed by atoms with Crippen LogP contribution in [0.1, 0.15) is 5.56 Å². The lowest BCUT2D eigenvalue weighted by atomic mass is 10.2. The smallest absolute Gasteiger partial charge is 0.178 e. The largest absolute Gasteiger partial charge is 0.290 e. The van der Waals surface area contributed by atoms with Gasteiger partial charge in [-0.05, 0) is 36.4 Å². The van der Waals surface area contributed by atoms with E-state index in [1.54, 1.807) is 36.4 Å². The van der Waals surface area contributed by atoms with Gasteiger partial charge in [0, 0.05) is 0 Å². The minimum Gasteiger partial charge on any atom is -0.290 e. The van der Waals surface area contributed by atoms with E-state index in [1.165, 1.54) is 0 Å². The lowest BCUT2D eigenvalue weighted by Crippen LogP contribution is -1.99. The number of rotatable bonds is 3. The van der Waals surface area contributed by atoms with Crippen LogP contribution in [-0.4, -0.2) is 0 Å². The molecule has 0 aliphatic carbocycles. The lowest BCUT2D eigenvalue weighted by Gasteiger charge is -2.04. The van der Waals surface area contributed by atoms with Crippen molar-refractivity contribution in [1.29, 1.82) is 5.26 Å². The van der Waals surface area contributed by atoms with Gasteiger partial charge in [0.05, 0.1) is 11.6 Å². The zero-order valence-corrected chi connectivity index (χ0v) is 8.46. The summed E-state index contributed by atoms with van der Waals surface area (Å²) in [7, 11) is 0. The van der Waals surface area contributed by atoms with E-state index in [9.17, 15) is 0 Å². The Balaban J connectivity index is 1.98. The molecular formula is C13H9NO2. The van der Waals surface area contributed by atoms with E-state index in [0.29, 0.717) is 17.1 Å². The van der Waals surface area contributed by atoms with Gasteiger partial charge in [-0.1, -0.05) is 18.2 Å². The van der Waals surface area contributed by atoms with Crippen molar-refractivity contribution in [2.24, 2.45) is 0 Å². The summed E-state index contributed by atoms with van der Waals surface area (Å²) in [5, 5.41) is 8.61. The zero-order chi connectivity index (χ0) is 11.2. The third kappa shape index (κ3) is 2.52. The first-order chi connectivity index (χ1) is 7.88. The van der Waals surface area contributed by atoms with Crippen LogP contribution in [0.2, 0.25) is 0 Å². The van der Waals surface area contributed by atoms with Crippen molar-refractivity contribution < 1.29 is 9.78 Å². The first-order valence-corrected chi connectivity index (χ1v) is 4.78. The number of nitriles is 1. The van der Waals surface area contributed by atoms with Gasteiger partial charge in [-0.25, -0.2) is 0 Å². The number of benzene rings is 2. The van der Waals surface area contributed by atoms with Gasteiger partial charge in [-0.15, -0.1) is 0 Å². The third-order valence-electron chi connectivity index (χ3n) is 1.96. The number of hydrogen-bond acceptors (Lipinski definition) is 3. The molecule has 0 saturated carbocycles. The van der Waals surface area contributed by atoms with Crippen LogP contribution < -0.4 is 9.78 Å². The second kappa shape index (κ2) is 4.85.